The summed E-state index contributed by atoms with van der Waals surface area (Å²) in [6, 6.07) is 10.6. The van der Waals surface area contributed by atoms with Crippen LogP contribution in [-0.2, 0) is 32.6 Å². The van der Waals surface area contributed by atoms with E-state index >= 15 is 9.59 Å². The number of aryl methyl sites for hydroxylation is 1. The predicted molar refractivity (Wildman–Crippen MR) is 274 cm³/mol. The highest BCUT2D eigenvalue weighted by Crippen LogP contribution is 2.78. The predicted octanol–water partition coefficient (Wildman–Crippen LogP) is 1.50. The molecule has 3 heterocycles. The van der Waals surface area contributed by atoms with Gasteiger partial charge in [-0.05, 0) is 98.3 Å². The van der Waals surface area contributed by atoms with Crippen LogP contribution in [0, 0.1) is 23.2 Å². The van der Waals surface area contributed by atoms with Crippen LogP contribution >= 0.6 is 0 Å². The maximum absolute atomic E-state index is 15.7. The number of nitrogens with zero attached hydrogens (tertiary/aromatic N) is 3. The number of aliphatic imine (C=N–C) groups is 1. The summed E-state index contributed by atoms with van der Waals surface area (Å²) in [5.41, 5.74) is 7.89. The number of hydrogen-bond acceptors (Lipinski definition) is 17. The van der Waals surface area contributed by atoms with E-state index in [4.69, 9.17) is 20.9 Å². The number of ether oxygens (including phenoxy) is 2. The van der Waals surface area contributed by atoms with E-state index in [1.165, 1.54) is 36.7 Å². The molecule has 10 rings (SSSR count). The summed E-state index contributed by atoms with van der Waals surface area (Å²) in [5.74, 6) is -12.8. The SMILES string of the molecule is NC(N)=NCCCC(O)C1C=CC2(C34c5c(O)cccc5CCC3CCCC4CO)C(=CC3(C(=O)O)C2c2c(cc(OC4(O)OC(CO)C(O)C(O)C4O)c(O)c2O)N3C(=O)C=Cc2ccc(O)c(Cc3cnc[nH]3)c2)C1. The van der Waals surface area contributed by atoms with Crippen LogP contribution in [0.3, 0.4) is 0 Å². The highest BCUT2D eigenvalue weighted by molar-refractivity contribution is 6.14. The van der Waals surface area contributed by atoms with Gasteiger partial charge in [0.1, 0.15) is 29.8 Å². The average molecular weight is 1070 g/mol. The van der Waals surface area contributed by atoms with Gasteiger partial charge in [0.2, 0.25) is 5.75 Å². The fourth-order valence-electron chi connectivity index (χ4n) is 14.2. The quantitative estimate of drug-likeness (QED) is 0.0153. The van der Waals surface area contributed by atoms with Crippen LogP contribution in [0.5, 0.6) is 28.7 Å². The maximum Gasteiger partial charge on any atom is 0.355 e. The van der Waals surface area contributed by atoms with Gasteiger partial charge in [-0.3, -0.25) is 14.7 Å². The third-order valence-corrected chi connectivity index (χ3v) is 17.3. The zero-order valence-electron chi connectivity index (χ0n) is 41.8. The highest BCUT2D eigenvalue weighted by Gasteiger charge is 2.78. The molecular weight excluding hydrogens is 1000 g/mol. The molecule has 2 aliphatic heterocycles. The summed E-state index contributed by atoms with van der Waals surface area (Å²) in [6.07, 6.45) is 4.58. The number of aromatic nitrogens is 2. The van der Waals surface area contributed by atoms with Crippen molar-refractivity contribution in [3.63, 3.8) is 0 Å². The number of aromatic hydroxyl groups is 4. The molecule has 1 saturated heterocycles. The van der Waals surface area contributed by atoms with E-state index in [-0.39, 0.29) is 60.4 Å². The van der Waals surface area contributed by atoms with Crippen molar-refractivity contribution < 1.29 is 80.3 Å². The number of benzene rings is 3. The number of nitrogens with one attached hydrogen (secondary N) is 1. The fraction of sp³-hybridized carbons (Fsp3) is 0.455. The molecule has 4 aromatic rings. The number of aromatic amines is 1. The first-order valence-corrected chi connectivity index (χ1v) is 25.7. The lowest BCUT2D eigenvalue weighted by Gasteiger charge is -2.64. The first-order valence-electron chi connectivity index (χ1n) is 25.7. The summed E-state index contributed by atoms with van der Waals surface area (Å²) >= 11 is 0. The van der Waals surface area contributed by atoms with Gasteiger partial charge in [-0.25, -0.2) is 9.78 Å². The number of fused-ring (bicyclic) bond motifs is 9. The molecule has 6 aliphatic rings. The second-order valence-corrected chi connectivity index (χ2v) is 21.2. The number of carbonyl (C=O) groups is 2. The molecule has 1 amide bonds. The number of aliphatic hydroxyl groups excluding tert-OH is 6. The van der Waals surface area contributed by atoms with E-state index in [0.717, 1.165) is 22.6 Å². The van der Waals surface area contributed by atoms with Gasteiger partial charge >= 0.3 is 11.9 Å². The number of aliphatic hydroxyl groups is 7. The third-order valence-electron chi connectivity index (χ3n) is 17.3. The van der Waals surface area contributed by atoms with E-state index in [0.29, 0.717) is 66.5 Å². The zero-order chi connectivity index (χ0) is 54.9. The number of aliphatic carboxylic acids is 1. The number of amides is 1. The lowest BCUT2D eigenvalue weighted by atomic mass is 9.38. The largest absolute Gasteiger partial charge is 0.508 e. The fourth-order valence-corrected chi connectivity index (χ4v) is 14.2. The number of H-pyrrole nitrogens is 1. The summed E-state index contributed by atoms with van der Waals surface area (Å²) < 4.78 is 11.1. The molecular formula is C55H64N6O16. The maximum atomic E-state index is 15.7. The van der Waals surface area contributed by atoms with Gasteiger partial charge in [-0.15, -0.1) is 0 Å². The van der Waals surface area contributed by atoms with Gasteiger partial charge in [0, 0.05) is 83.0 Å². The zero-order valence-corrected chi connectivity index (χ0v) is 41.8. The van der Waals surface area contributed by atoms with Crippen molar-refractivity contribution in [1.29, 1.82) is 0 Å². The number of nitrogens with two attached hydrogens (primary N) is 2. The summed E-state index contributed by atoms with van der Waals surface area (Å²) in [6.45, 7) is -1.23. The van der Waals surface area contributed by atoms with Crippen LogP contribution in [-0.4, -0.2) is 151 Å². The van der Waals surface area contributed by atoms with Gasteiger partial charge in [0.05, 0.1) is 24.7 Å². The number of hydrogen-bond donors (Lipinski definition) is 15. The molecule has 3 aromatic carbocycles. The van der Waals surface area contributed by atoms with Crippen molar-refractivity contribution in [3.05, 3.63) is 118 Å². The molecule has 0 radical (unpaired) electrons. The Kier molecular flexibility index (Phi) is 13.9. The van der Waals surface area contributed by atoms with Crippen LogP contribution < -0.4 is 21.1 Å². The number of carbonyl (C=O) groups excluding carboxylic acids is 1. The van der Waals surface area contributed by atoms with Crippen molar-refractivity contribution in [2.24, 2.45) is 39.6 Å². The average Bonchev–Trinajstić information content (AvgIpc) is 3.95. The number of imidazole rings is 1. The standard InChI is InChI=1S/C55H64N6O16/c56-51(57)59-17-3-8-36(64)29-15-16-52(54-31(5-2-6-32(54)24-62)12-11-28-4-1-7-38(66)43(28)54)33(19-29)22-53(50(73)74)48(52)42-35(21-39(44(68)46(42)70)76-55(75)49(72)47(71)45(69)40(25-63)77-55)61(53)41(67)14-10-27-9-13-37(65)30(18-27)20-34-23-58-26-60-34/h1,4,7,9-10,13-16,18,21-23,26,29,31-32,36,40,45,47-49,62-66,68-72,75H,2-3,5-6,8,11-12,17,19-20,24-25H2,(H,58,60)(H,73,74)(H4,56,57,59). The van der Waals surface area contributed by atoms with Crippen molar-refractivity contribution in [1.82, 2.24) is 9.97 Å². The van der Waals surface area contributed by atoms with Crippen LogP contribution in [0.2, 0.25) is 0 Å². The minimum atomic E-state index is -3.36. The minimum absolute atomic E-state index is 0.0166. The third kappa shape index (κ3) is 8.22. The van der Waals surface area contributed by atoms with Crippen LogP contribution in [0.25, 0.3) is 6.08 Å². The number of allylic oxidation sites excluding steroid dienone is 2. The molecule has 1 aromatic heterocycles. The Morgan fingerprint density at radius 1 is 1.00 bits per heavy atom. The van der Waals surface area contributed by atoms with Crippen molar-refractivity contribution >= 4 is 29.6 Å². The van der Waals surface area contributed by atoms with Gasteiger partial charge in [-0.1, -0.05) is 42.3 Å². The molecule has 0 bridgehead atoms. The molecule has 22 nitrogen and oxygen atoms in total. The summed E-state index contributed by atoms with van der Waals surface area (Å²) in [5, 5.41) is 138. The number of phenols is 4. The molecule has 1 saturated carbocycles. The number of carboxylic acids is 1. The Morgan fingerprint density at radius 2 is 1.79 bits per heavy atom. The molecule has 410 valence electrons. The Balaban J connectivity index is 1.23. The number of anilines is 1. The van der Waals surface area contributed by atoms with E-state index < -0.39 is 113 Å². The smallest absolute Gasteiger partial charge is 0.355 e. The van der Waals surface area contributed by atoms with Crippen LogP contribution in [0.15, 0.2) is 89.9 Å². The molecule has 2 fully saturated rings. The van der Waals surface area contributed by atoms with E-state index in [2.05, 4.69) is 15.0 Å². The molecule has 0 spiro atoms. The second kappa shape index (κ2) is 20.1. The number of guanidine groups is 1. The van der Waals surface area contributed by atoms with E-state index in [1.807, 2.05) is 6.07 Å². The van der Waals surface area contributed by atoms with Crippen LogP contribution in [0.1, 0.15) is 84.4 Å². The first-order chi connectivity index (χ1) is 36.8. The van der Waals surface area contributed by atoms with Gasteiger partial charge in [0.15, 0.2) is 29.1 Å². The Bertz CT molecular complexity index is 3070. The molecule has 13 atom stereocenters. The molecule has 17 N–H and O–H groups in total. The Hall–Kier alpha value is -7.02. The first kappa shape index (κ1) is 53.4. The van der Waals surface area contributed by atoms with Crippen molar-refractivity contribution in [3.8, 4) is 28.7 Å². The molecule has 4 aliphatic carbocycles. The summed E-state index contributed by atoms with van der Waals surface area (Å²) in [4.78, 5) is 42.7. The summed E-state index contributed by atoms with van der Waals surface area (Å²) in [7, 11) is 0. The van der Waals surface area contributed by atoms with Gasteiger partial charge in [0.25, 0.3) is 5.91 Å². The van der Waals surface area contributed by atoms with Gasteiger partial charge in [-0.2, -0.15) is 0 Å². The van der Waals surface area contributed by atoms with Crippen LogP contribution in [0.4, 0.5) is 5.69 Å². The monoisotopic (exact) mass is 1060 g/mol. The van der Waals surface area contributed by atoms with Crippen molar-refractivity contribution in [2.45, 2.75) is 111 Å². The Labute approximate surface area is 441 Å². The number of carboxylic acid groups (broad SMARTS) is 1. The number of rotatable bonds is 15. The molecule has 22 heteroatoms. The second-order valence-electron chi connectivity index (χ2n) is 21.2. The Morgan fingerprint density at radius 3 is 2.51 bits per heavy atom. The van der Waals surface area contributed by atoms with E-state index in [9.17, 15) is 61.3 Å². The highest BCUT2D eigenvalue weighted by atomic mass is 16.8. The number of phenolic OH excluding ortho intramolecular Hbond substituents is 4. The van der Waals surface area contributed by atoms with E-state index in [1.54, 1.807) is 30.5 Å². The molecule has 13 unspecified atom stereocenters. The van der Waals surface area contributed by atoms with Crippen molar-refractivity contribution in [2.75, 3.05) is 24.7 Å². The minimum Gasteiger partial charge on any atom is -0.508 e. The molecule has 77 heavy (non-hydrogen) atoms. The lowest BCUT2D eigenvalue weighted by molar-refractivity contribution is -0.422. The topological polar surface area (TPSA) is 392 Å². The normalized spacial score (nSPS) is 32.4. The lowest BCUT2D eigenvalue weighted by Crippen LogP contribution is -2.67. The van der Waals surface area contributed by atoms with Gasteiger partial charge < -0.3 is 87.2 Å².